The molecule has 0 saturated heterocycles. The minimum Gasteiger partial charge on any atom is -0.363 e. The summed E-state index contributed by atoms with van der Waals surface area (Å²) in [5.74, 6) is 0. The third-order valence-electron chi connectivity index (χ3n) is 2.15. The molecule has 0 bridgehead atoms. The number of aryl methyl sites for hydroxylation is 1. The zero-order valence-corrected chi connectivity index (χ0v) is 8.80. The van der Waals surface area contributed by atoms with Crippen LogP contribution in [0.3, 0.4) is 0 Å². The van der Waals surface area contributed by atoms with Gasteiger partial charge in [-0.05, 0) is 26.0 Å². The largest absolute Gasteiger partial charge is 0.405 e. The summed E-state index contributed by atoms with van der Waals surface area (Å²) in [5.41, 5.74) is 1.65. The lowest BCUT2D eigenvalue weighted by atomic mass is 10.2. The highest BCUT2D eigenvalue weighted by atomic mass is 19.4. The minimum absolute atomic E-state index is 0.350. The third kappa shape index (κ3) is 3.81. The number of rotatable bonds is 3. The van der Waals surface area contributed by atoms with Gasteiger partial charge in [-0.15, -0.1) is 0 Å². The van der Waals surface area contributed by atoms with Crippen LogP contribution in [-0.2, 0) is 0 Å². The molecule has 0 atom stereocenters. The Kier molecular flexibility index (Phi) is 3.61. The molecule has 0 heterocycles. The average Bonchev–Trinajstić information content (AvgIpc) is 2.14. The van der Waals surface area contributed by atoms with E-state index in [0.717, 1.165) is 5.56 Å². The molecule has 1 aromatic rings. The van der Waals surface area contributed by atoms with Crippen LogP contribution >= 0.6 is 0 Å². The van der Waals surface area contributed by atoms with Gasteiger partial charge in [0.05, 0.1) is 0 Å². The number of alkyl halides is 3. The van der Waals surface area contributed by atoms with Crippen molar-refractivity contribution in [1.82, 2.24) is 0 Å². The van der Waals surface area contributed by atoms with Gasteiger partial charge in [0.15, 0.2) is 0 Å². The molecular weight excluding hydrogens is 203 g/mol. The minimum atomic E-state index is -4.15. The summed E-state index contributed by atoms with van der Waals surface area (Å²) in [6, 6.07) is 7.05. The van der Waals surface area contributed by atoms with Crippen molar-refractivity contribution in [2.45, 2.75) is 20.0 Å². The zero-order chi connectivity index (χ0) is 11.5. The lowest BCUT2D eigenvalue weighted by Crippen LogP contribution is -2.33. The molecule has 4 heteroatoms. The molecule has 15 heavy (non-hydrogen) atoms. The molecule has 84 valence electrons. The highest BCUT2D eigenvalue weighted by molar-refractivity contribution is 5.47. The van der Waals surface area contributed by atoms with Crippen LogP contribution in [0, 0.1) is 6.92 Å². The van der Waals surface area contributed by atoms with Gasteiger partial charge in [0.25, 0.3) is 0 Å². The van der Waals surface area contributed by atoms with E-state index >= 15 is 0 Å². The van der Waals surface area contributed by atoms with Crippen molar-refractivity contribution in [2.75, 3.05) is 18.0 Å². The number of hydrogen-bond donors (Lipinski definition) is 0. The van der Waals surface area contributed by atoms with Crippen molar-refractivity contribution >= 4 is 5.69 Å². The predicted molar refractivity (Wildman–Crippen MR) is 55.1 cm³/mol. The summed E-state index contributed by atoms with van der Waals surface area (Å²) in [4.78, 5) is 1.30. The van der Waals surface area contributed by atoms with Gasteiger partial charge in [0.1, 0.15) is 6.54 Å². The first-order chi connectivity index (χ1) is 6.92. The highest BCUT2D eigenvalue weighted by Crippen LogP contribution is 2.21. The fourth-order valence-corrected chi connectivity index (χ4v) is 1.36. The lowest BCUT2D eigenvalue weighted by Gasteiger charge is -2.24. The Morgan fingerprint density at radius 3 is 2.07 bits per heavy atom. The van der Waals surface area contributed by atoms with Crippen LogP contribution in [0.1, 0.15) is 12.5 Å². The monoisotopic (exact) mass is 217 g/mol. The summed E-state index contributed by atoms with van der Waals surface area (Å²) >= 11 is 0. The maximum absolute atomic E-state index is 12.2. The average molecular weight is 217 g/mol. The molecule has 0 spiro atoms. The SMILES string of the molecule is CCN(CC(F)(F)F)c1ccc(C)cc1. The predicted octanol–water partition coefficient (Wildman–Crippen LogP) is 3.38. The molecule has 0 aliphatic heterocycles. The molecule has 0 saturated carbocycles. The highest BCUT2D eigenvalue weighted by Gasteiger charge is 2.30. The van der Waals surface area contributed by atoms with Crippen molar-refractivity contribution in [3.8, 4) is 0 Å². The van der Waals surface area contributed by atoms with Gasteiger partial charge in [0.2, 0.25) is 0 Å². The van der Waals surface area contributed by atoms with E-state index in [1.54, 1.807) is 19.1 Å². The molecule has 0 fully saturated rings. The number of benzene rings is 1. The standard InChI is InChI=1S/C11H14F3N/c1-3-15(8-11(12,13)14)10-6-4-9(2)5-7-10/h4-7H,3,8H2,1-2H3. The maximum atomic E-state index is 12.2. The van der Waals surface area contributed by atoms with Gasteiger partial charge in [-0.1, -0.05) is 17.7 Å². The summed E-state index contributed by atoms with van der Waals surface area (Å²) in [5, 5.41) is 0. The van der Waals surface area contributed by atoms with E-state index in [0.29, 0.717) is 12.2 Å². The maximum Gasteiger partial charge on any atom is 0.405 e. The molecule has 1 aromatic carbocycles. The first-order valence-corrected chi connectivity index (χ1v) is 4.81. The number of nitrogens with zero attached hydrogens (tertiary/aromatic N) is 1. The first kappa shape index (κ1) is 11.9. The first-order valence-electron chi connectivity index (χ1n) is 4.81. The molecule has 0 aliphatic rings. The van der Waals surface area contributed by atoms with E-state index < -0.39 is 12.7 Å². The van der Waals surface area contributed by atoms with Gasteiger partial charge in [-0.25, -0.2) is 0 Å². The van der Waals surface area contributed by atoms with Crippen LogP contribution in [-0.4, -0.2) is 19.3 Å². The lowest BCUT2D eigenvalue weighted by molar-refractivity contribution is -0.119. The Balaban J connectivity index is 2.79. The molecule has 0 N–H and O–H groups in total. The van der Waals surface area contributed by atoms with Crippen LogP contribution < -0.4 is 4.90 Å². The zero-order valence-electron chi connectivity index (χ0n) is 8.80. The Hall–Kier alpha value is -1.19. The van der Waals surface area contributed by atoms with Gasteiger partial charge >= 0.3 is 6.18 Å². The third-order valence-corrected chi connectivity index (χ3v) is 2.15. The molecule has 0 unspecified atom stereocenters. The van der Waals surface area contributed by atoms with Gasteiger partial charge in [0, 0.05) is 12.2 Å². The number of hydrogen-bond acceptors (Lipinski definition) is 1. The van der Waals surface area contributed by atoms with Crippen LogP contribution in [0.2, 0.25) is 0 Å². The topological polar surface area (TPSA) is 3.24 Å². The number of anilines is 1. The Bertz CT molecular complexity index is 303. The van der Waals surface area contributed by atoms with E-state index in [-0.39, 0.29) is 0 Å². The van der Waals surface area contributed by atoms with Crippen molar-refractivity contribution in [3.05, 3.63) is 29.8 Å². The van der Waals surface area contributed by atoms with Crippen LogP contribution in [0.5, 0.6) is 0 Å². The van der Waals surface area contributed by atoms with Crippen molar-refractivity contribution in [1.29, 1.82) is 0 Å². The molecule has 0 aromatic heterocycles. The van der Waals surface area contributed by atoms with E-state index in [1.165, 1.54) is 4.90 Å². The van der Waals surface area contributed by atoms with Crippen LogP contribution in [0.15, 0.2) is 24.3 Å². The Labute approximate surface area is 87.5 Å². The molecular formula is C11H14F3N. The summed E-state index contributed by atoms with van der Waals surface area (Å²) in [6.45, 7) is 3.07. The normalized spacial score (nSPS) is 11.5. The van der Waals surface area contributed by atoms with Crippen molar-refractivity contribution in [2.24, 2.45) is 0 Å². The van der Waals surface area contributed by atoms with Gasteiger partial charge in [-0.3, -0.25) is 0 Å². The molecule has 1 nitrogen and oxygen atoms in total. The van der Waals surface area contributed by atoms with E-state index in [4.69, 9.17) is 0 Å². The van der Waals surface area contributed by atoms with Crippen LogP contribution in [0.4, 0.5) is 18.9 Å². The molecule has 0 amide bonds. The van der Waals surface area contributed by atoms with E-state index in [2.05, 4.69) is 0 Å². The van der Waals surface area contributed by atoms with Gasteiger partial charge in [-0.2, -0.15) is 13.2 Å². The second-order valence-corrected chi connectivity index (χ2v) is 3.46. The van der Waals surface area contributed by atoms with Crippen molar-refractivity contribution in [3.63, 3.8) is 0 Å². The molecule has 0 radical (unpaired) electrons. The summed E-state index contributed by atoms with van der Waals surface area (Å²) in [6.07, 6.45) is -4.15. The van der Waals surface area contributed by atoms with Crippen molar-refractivity contribution < 1.29 is 13.2 Å². The second-order valence-electron chi connectivity index (χ2n) is 3.46. The quantitative estimate of drug-likeness (QED) is 0.750. The fraction of sp³-hybridized carbons (Fsp3) is 0.455. The molecule has 1 rings (SSSR count). The van der Waals surface area contributed by atoms with Crippen LogP contribution in [0.25, 0.3) is 0 Å². The Morgan fingerprint density at radius 2 is 1.67 bits per heavy atom. The smallest absolute Gasteiger partial charge is 0.363 e. The molecule has 0 aliphatic carbocycles. The Morgan fingerprint density at radius 1 is 1.13 bits per heavy atom. The van der Waals surface area contributed by atoms with E-state index in [1.807, 2.05) is 19.1 Å². The van der Waals surface area contributed by atoms with Gasteiger partial charge < -0.3 is 4.90 Å². The summed E-state index contributed by atoms with van der Waals surface area (Å²) < 4.78 is 36.6. The fourth-order valence-electron chi connectivity index (χ4n) is 1.36. The second kappa shape index (κ2) is 4.55. The van der Waals surface area contributed by atoms with E-state index in [9.17, 15) is 13.2 Å². The summed E-state index contributed by atoms with van der Waals surface area (Å²) in [7, 11) is 0. The number of halogens is 3.